The van der Waals surface area contributed by atoms with Crippen molar-refractivity contribution >= 4 is 43.5 Å². The van der Waals surface area contributed by atoms with Crippen molar-refractivity contribution in [3.05, 3.63) is 141 Å². The van der Waals surface area contributed by atoms with E-state index in [1.807, 2.05) is 60.7 Å². The molecule has 6 heteroatoms. The summed E-state index contributed by atoms with van der Waals surface area (Å²) < 4.78 is 11.6. The van der Waals surface area contributed by atoms with Gasteiger partial charge in [-0.05, 0) is 92.0 Å². The Kier molecular flexibility index (Phi) is 7.12. The zero-order valence-corrected chi connectivity index (χ0v) is 28.9. The molecule has 0 spiro atoms. The van der Waals surface area contributed by atoms with Gasteiger partial charge in [-0.3, -0.25) is 0 Å². The highest BCUT2D eigenvalue weighted by atomic mass is 16.4. The molecule has 246 valence electrons. The SMILES string of the molecule is CC(C)(C)c1ccc2c(ccc3oc(=O)c(-c4cccc(-c5cccc(-c6cc7c(ccc8cc(C(C)(C)C)ccc87)oc6=O)n5)n4)cc32)c1. The lowest BCUT2D eigenvalue weighted by molar-refractivity contribution is 0.563. The van der Waals surface area contributed by atoms with Crippen LogP contribution >= 0.6 is 0 Å². The number of rotatable bonds is 3. The minimum atomic E-state index is -0.467. The van der Waals surface area contributed by atoms with Crippen molar-refractivity contribution in [2.45, 2.75) is 52.4 Å². The molecule has 0 radical (unpaired) electrons. The highest BCUT2D eigenvalue weighted by molar-refractivity contribution is 6.07. The highest BCUT2D eigenvalue weighted by Gasteiger charge is 2.19. The van der Waals surface area contributed by atoms with Crippen LogP contribution in [0, 0.1) is 0 Å². The molecular weight excluding hydrogens is 620 g/mol. The summed E-state index contributed by atoms with van der Waals surface area (Å²) in [4.78, 5) is 36.3. The van der Waals surface area contributed by atoms with Crippen LogP contribution in [-0.4, -0.2) is 9.97 Å². The van der Waals surface area contributed by atoms with Gasteiger partial charge in [-0.25, -0.2) is 19.6 Å². The summed E-state index contributed by atoms with van der Waals surface area (Å²) in [6, 6.07) is 35.2. The Hall–Kier alpha value is -5.88. The number of nitrogens with zero attached hydrogens (tertiary/aromatic N) is 2. The van der Waals surface area contributed by atoms with E-state index in [1.165, 1.54) is 11.1 Å². The molecule has 0 bridgehead atoms. The normalized spacial score (nSPS) is 12.4. The molecule has 0 saturated heterocycles. The van der Waals surface area contributed by atoms with E-state index in [4.69, 9.17) is 18.8 Å². The van der Waals surface area contributed by atoms with Crippen molar-refractivity contribution < 1.29 is 8.83 Å². The van der Waals surface area contributed by atoms with Crippen LogP contribution < -0.4 is 11.3 Å². The Balaban J connectivity index is 1.20. The molecule has 4 aromatic heterocycles. The molecule has 0 aliphatic heterocycles. The molecule has 0 unspecified atom stereocenters. The van der Waals surface area contributed by atoms with Gasteiger partial charge in [0.1, 0.15) is 11.2 Å². The van der Waals surface area contributed by atoms with Gasteiger partial charge in [0.2, 0.25) is 0 Å². The standard InChI is InChI=1S/C44H36N2O4/c1-43(2,3)27-15-17-29-25(21-27)13-19-39-31(29)23-33(41(47)49-39)35-9-7-11-37(45-35)38-12-8-10-36(46-38)34-24-32-30-18-16-28(44(4,5)6)22-26(30)14-20-40(32)50-42(34)48/h7-24H,1-6H3. The van der Waals surface area contributed by atoms with Crippen molar-refractivity contribution in [1.29, 1.82) is 0 Å². The minimum absolute atomic E-state index is 0.0104. The Morgan fingerprint density at radius 1 is 0.440 bits per heavy atom. The molecule has 0 aliphatic carbocycles. The molecule has 8 rings (SSSR count). The Morgan fingerprint density at radius 2 is 0.840 bits per heavy atom. The molecule has 4 heterocycles. The van der Waals surface area contributed by atoms with Gasteiger partial charge in [0, 0.05) is 10.8 Å². The van der Waals surface area contributed by atoms with Gasteiger partial charge in [-0.1, -0.05) is 102 Å². The summed E-state index contributed by atoms with van der Waals surface area (Å²) in [5, 5.41) is 5.84. The molecule has 0 aliphatic rings. The zero-order valence-electron chi connectivity index (χ0n) is 28.9. The second-order valence-electron chi connectivity index (χ2n) is 15.0. The number of fused-ring (bicyclic) bond motifs is 6. The summed E-state index contributed by atoms with van der Waals surface area (Å²) >= 11 is 0. The number of hydrogen-bond acceptors (Lipinski definition) is 6. The second kappa shape index (κ2) is 11.3. The van der Waals surface area contributed by atoms with Gasteiger partial charge in [0.15, 0.2) is 0 Å². The average Bonchev–Trinajstić information content (AvgIpc) is 3.09. The maximum Gasteiger partial charge on any atom is 0.345 e. The lowest BCUT2D eigenvalue weighted by Crippen LogP contribution is -2.10. The maximum atomic E-state index is 13.3. The van der Waals surface area contributed by atoms with Crippen LogP contribution in [0.15, 0.2) is 128 Å². The fraction of sp³-hybridized carbons (Fsp3) is 0.182. The van der Waals surface area contributed by atoms with E-state index in [1.54, 1.807) is 12.1 Å². The summed E-state index contributed by atoms with van der Waals surface area (Å²) in [5.41, 5.74) is 5.38. The molecule has 0 atom stereocenters. The van der Waals surface area contributed by atoms with E-state index >= 15 is 0 Å². The van der Waals surface area contributed by atoms with E-state index in [-0.39, 0.29) is 10.8 Å². The third kappa shape index (κ3) is 5.47. The first kappa shape index (κ1) is 31.4. The van der Waals surface area contributed by atoms with E-state index in [9.17, 15) is 9.59 Å². The van der Waals surface area contributed by atoms with Crippen molar-refractivity contribution in [3.8, 4) is 33.9 Å². The number of hydrogen-bond donors (Lipinski definition) is 0. The highest BCUT2D eigenvalue weighted by Crippen LogP contribution is 2.34. The number of benzene rings is 4. The van der Waals surface area contributed by atoms with Crippen LogP contribution in [0.3, 0.4) is 0 Å². The first-order valence-corrected chi connectivity index (χ1v) is 16.8. The van der Waals surface area contributed by atoms with Gasteiger partial charge in [-0.15, -0.1) is 0 Å². The van der Waals surface area contributed by atoms with Gasteiger partial charge in [0.25, 0.3) is 0 Å². The Morgan fingerprint density at radius 3 is 1.24 bits per heavy atom. The van der Waals surface area contributed by atoms with Crippen LogP contribution in [0.2, 0.25) is 0 Å². The number of aromatic nitrogens is 2. The summed E-state index contributed by atoms with van der Waals surface area (Å²) in [7, 11) is 0. The third-order valence-electron chi connectivity index (χ3n) is 9.51. The minimum Gasteiger partial charge on any atom is -0.422 e. The lowest BCUT2D eigenvalue weighted by Gasteiger charge is -2.19. The maximum absolute atomic E-state index is 13.3. The molecule has 0 N–H and O–H groups in total. The summed E-state index contributed by atoms with van der Waals surface area (Å²) in [6.45, 7) is 13.1. The average molecular weight is 657 g/mol. The predicted octanol–water partition coefficient (Wildman–Crippen LogP) is 10.6. The molecule has 4 aromatic carbocycles. The first-order valence-electron chi connectivity index (χ1n) is 16.8. The molecule has 0 fully saturated rings. The molecular formula is C44H36N2O4. The molecule has 8 aromatic rings. The Labute approximate surface area is 289 Å². The van der Waals surface area contributed by atoms with Gasteiger partial charge in [-0.2, -0.15) is 0 Å². The van der Waals surface area contributed by atoms with Crippen LogP contribution in [0.4, 0.5) is 0 Å². The fourth-order valence-corrected chi connectivity index (χ4v) is 6.60. The molecule has 0 amide bonds. The van der Waals surface area contributed by atoms with E-state index < -0.39 is 11.3 Å². The largest absolute Gasteiger partial charge is 0.422 e. The topological polar surface area (TPSA) is 86.2 Å². The lowest BCUT2D eigenvalue weighted by atomic mass is 9.85. The van der Waals surface area contributed by atoms with E-state index in [0.29, 0.717) is 45.1 Å². The van der Waals surface area contributed by atoms with E-state index in [0.717, 1.165) is 32.3 Å². The van der Waals surface area contributed by atoms with Gasteiger partial charge < -0.3 is 8.83 Å². The van der Waals surface area contributed by atoms with Gasteiger partial charge >= 0.3 is 11.3 Å². The summed E-state index contributed by atoms with van der Waals surface area (Å²) in [6.07, 6.45) is 0. The van der Waals surface area contributed by atoms with Crippen LogP contribution in [-0.2, 0) is 10.8 Å². The Bertz CT molecular complexity index is 2580. The first-order chi connectivity index (χ1) is 23.8. The predicted molar refractivity (Wildman–Crippen MR) is 203 cm³/mol. The quantitative estimate of drug-likeness (QED) is 0.139. The monoisotopic (exact) mass is 656 g/mol. The number of pyridine rings is 2. The van der Waals surface area contributed by atoms with Crippen molar-refractivity contribution in [3.63, 3.8) is 0 Å². The molecule has 50 heavy (non-hydrogen) atoms. The van der Waals surface area contributed by atoms with E-state index in [2.05, 4.69) is 77.9 Å². The van der Waals surface area contributed by atoms with Crippen LogP contribution in [0.5, 0.6) is 0 Å². The molecule has 0 saturated carbocycles. The molecule has 6 nitrogen and oxygen atoms in total. The van der Waals surface area contributed by atoms with Crippen molar-refractivity contribution in [2.24, 2.45) is 0 Å². The van der Waals surface area contributed by atoms with Crippen molar-refractivity contribution in [2.75, 3.05) is 0 Å². The summed E-state index contributed by atoms with van der Waals surface area (Å²) in [5.74, 6) is 0. The van der Waals surface area contributed by atoms with Crippen LogP contribution in [0.1, 0.15) is 52.7 Å². The zero-order chi connectivity index (χ0) is 34.9. The van der Waals surface area contributed by atoms with Crippen molar-refractivity contribution in [1.82, 2.24) is 9.97 Å². The van der Waals surface area contributed by atoms with Gasteiger partial charge in [0.05, 0.1) is 33.9 Å². The smallest absolute Gasteiger partial charge is 0.345 e. The fourth-order valence-electron chi connectivity index (χ4n) is 6.60. The van der Waals surface area contributed by atoms with Crippen LogP contribution in [0.25, 0.3) is 77.4 Å². The second-order valence-corrected chi connectivity index (χ2v) is 15.0. The third-order valence-corrected chi connectivity index (χ3v) is 9.51.